The zero-order chi connectivity index (χ0) is 14.5. The molecule has 2 aromatic carbocycles. The number of hydrogen-bond donors (Lipinski definition) is 2. The van der Waals surface area contributed by atoms with E-state index in [1.807, 2.05) is 32.0 Å². The number of nitrogen functional groups attached to an aromatic ring is 1. The maximum Gasteiger partial charge on any atom is 0.123 e. The highest BCUT2D eigenvalue weighted by atomic mass is 16.5. The summed E-state index contributed by atoms with van der Waals surface area (Å²) in [5, 5.41) is 3.38. The first kappa shape index (κ1) is 14.3. The minimum absolute atomic E-state index is 0.140. The first-order valence-corrected chi connectivity index (χ1v) is 6.89. The van der Waals surface area contributed by atoms with Gasteiger partial charge in [-0.15, -0.1) is 0 Å². The summed E-state index contributed by atoms with van der Waals surface area (Å²) < 4.78 is 5.69. The molecule has 3 heteroatoms. The van der Waals surface area contributed by atoms with Crippen molar-refractivity contribution in [2.75, 3.05) is 11.1 Å². The molecule has 0 spiro atoms. The number of nitrogens with two attached hydrogens (primary N) is 1. The van der Waals surface area contributed by atoms with Crippen LogP contribution < -0.4 is 15.8 Å². The number of rotatable bonds is 5. The number of nitrogens with one attached hydrogen (secondary N) is 1. The zero-order valence-corrected chi connectivity index (χ0v) is 12.3. The summed E-state index contributed by atoms with van der Waals surface area (Å²) >= 11 is 0. The number of hydrogen-bond acceptors (Lipinski definition) is 3. The van der Waals surface area contributed by atoms with E-state index >= 15 is 0 Å². The van der Waals surface area contributed by atoms with Crippen molar-refractivity contribution in [3.05, 3.63) is 53.6 Å². The first-order chi connectivity index (χ1) is 9.52. The van der Waals surface area contributed by atoms with Crippen LogP contribution in [0.5, 0.6) is 5.75 Å². The second-order valence-corrected chi connectivity index (χ2v) is 5.30. The van der Waals surface area contributed by atoms with Crippen LogP contribution in [0.3, 0.4) is 0 Å². The van der Waals surface area contributed by atoms with E-state index in [1.165, 1.54) is 11.1 Å². The molecule has 20 heavy (non-hydrogen) atoms. The highest BCUT2D eigenvalue weighted by Gasteiger charge is 2.02. The minimum Gasteiger partial charge on any atom is -0.491 e. The lowest BCUT2D eigenvalue weighted by atomic mass is 10.1. The standard InChI is InChI=1S/C17H22N2O/c1-12(2)20-17-9-15(18)8-16(10-17)19-11-14-6-4-5-13(3)7-14/h4-10,12,19H,11,18H2,1-3H3. The number of benzene rings is 2. The Labute approximate surface area is 120 Å². The molecular weight excluding hydrogens is 248 g/mol. The molecule has 0 atom stereocenters. The predicted molar refractivity (Wildman–Crippen MR) is 85.1 cm³/mol. The van der Waals surface area contributed by atoms with Crippen molar-refractivity contribution >= 4 is 11.4 Å². The molecule has 3 nitrogen and oxygen atoms in total. The second-order valence-electron chi connectivity index (χ2n) is 5.30. The van der Waals surface area contributed by atoms with E-state index < -0.39 is 0 Å². The molecule has 2 aromatic rings. The average molecular weight is 270 g/mol. The first-order valence-electron chi connectivity index (χ1n) is 6.89. The van der Waals surface area contributed by atoms with Gasteiger partial charge in [0.25, 0.3) is 0 Å². The average Bonchev–Trinajstić information content (AvgIpc) is 2.35. The summed E-state index contributed by atoms with van der Waals surface area (Å²) in [4.78, 5) is 0. The van der Waals surface area contributed by atoms with Gasteiger partial charge in [-0.1, -0.05) is 29.8 Å². The van der Waals surface area contributed by atoms with Crippen LogP contribution in [0.1, 0.15) is 25.0 Å². The van der Waals surface area contributed by atoms with Gasteiger partial charge in [0.1, 0.15) is 5.75 Å². The van der Waals surface area contributed by atoms with Crippen LogP contribution in [-0.2, 0) is 6.54 Å². The van der Waals surface area contributed by atoms with E-state index in [-0.39, 0.29) is 6.10 Å². The molecule has 3 N–H and O–H groups in total. The van der Waals surface area contributed by atoms with Crippen LogP contribution >= 0.6 is 0 Å². The van der Waals surface area contributed by atoms with Crippen molar-refractivity contribution in [3.63, 3.8) is 0 Å². The van der Waals surface area contributed by atoms with Gasteiger partial charge in [-0.25, -0.2) is 0 Å². The molecule has 0 radical (unpaired) electrons. The molecule has 0 amide bonds. The van der Waals surface area contributed by atoms with Gasteiger partial charge in [0, 0.05) is 30.1 Å². The minimum atomic E-state index is 0.140. The molecule has 0 saturated carbocycles. The van der Waals surface area contributed by atoms with Crippen LogP contribution in [0.2, 0.25) is 0 Å². The molecule has 0 bridgehead atoms. The Morgan fingerprint density at radius 1 is 1.15 bits per heavy atom. The van der Waals surface area contributed by atoms with Crippen LogP contribution in [0, 0.1) is 6.92 Å². The lowest BCUT2D eigenvalue weighted by Gasteiger charge is -2.13. The molecule has 0 heterocycles. The monoisotopic (exact) mass is 270 g/mol. The lowest BCUT2D eigenvalue weighted by Crippen LogP contribution is -2.07. The molecule has 0 aromatic heterocycles. The lowest BCUT2D eigenvalue weighted by molar-refractivity contribution is 0.242. The topological polar surface area (TPSA) is 47.3 Å². The highest BCUT2D eigenvalue weighted by Crippen LogP contribution is 2.24. The van der Waals surface area contributed by atoms with E-state index in [4.69, 9.17) is 10.5 Å². The van der Waals surface area contributed by atoms with E-state index in [1.54, 1.807) is 0 Å². The normalized spacial score (nSPS) is 10.6. The number of aryl methyl sites for hydroxylation is 1. The van der Waals surface area contributed by atoms with Gasteiger partial charge >= 0.3 is 0 Å². The molecule has 106 valence electrons. The van der Waals surface area contributed by atoms with Gasteiger partial charge in [-0.05, 0) is 32.4 Å². The maximum absolute atomic E-state index is 5.91. The summed E-state index contributed by atoms with van der Waals surface area (Å²) in [5.41, 5.74) is 10.1. The van der Waals surface area contributed by atoms with Crippen molar-refractivity contribution in [2.45, 2.75) is 33.4 Å². The van der Waals surface area contributed by atoms with Crippen LogP contribution in [0.15, 0.2) is 42.5 Å². The Bertz CT molecular complexity index is 579. The highest BCUT2D eigenvalue weighted by molar-refractivity contribution is 5.59. The Morgan fingerprint density at radius 3 is 2.65 bits per heavy atom. The van der Waals surface area contributed by atoms with Crippen molar-refractivity contribution < 1.29 is 4.74 Å². The molecule has 0 unspecified atom stereocenters. The van der Waals surface area contributed by atoms with E-state index in [9.17, 15) is 0 Å². The molecule has 0 fully saturated rings. The molecule has 0 aliphatic carbocycles. The third-order valence-electron chi connectivity index (χ3n) is 2.88. The van der Waals surface area contributed by atoms with E-state index in [2.05, 4.69) is 36.5 Å². The van der Waals surface area contributed by atoms with Crippen molar-refractivity contribution in [1.82, 2.24) is 0 Å². The van der Waals surface area contributed by atoms with Crippen LogP contribution in [0.25, 0.3) is 0 Å². The van der Waals surface area contributed by atoms with Crippen LogP contribution in [-0.4, -0.2) is 6.10 Å². The number of anilines is 2. The van der Waals surface area contributed by atoms with Gasteiger partial charge in [-0.2, -0.15) is 0 Å². The molecule has 2 rings (SSSR count). The molecular formula is C17H22N2O. The summed E-state index contributed by atoms with van der Waals surface area (Å²) in [6.07, 6.45) is 0.140. The van der Waals surface area contributed by atoms with Gasteiger partial charge in [0.15, 0.2) is 0 Å². The SMILES string of the molecule is Cc1cccc(CNc2cc(N)cc(OC(C)C)c2)c1. The Morgan fingerprint density at radius 2 is 1.95 bits per heavy atom. The fourth-order valence-electron chi connectivity index (χ4n) is 2.09. The Balaban J connectivity index is 2.07. The van der Waals surface area contributed by atoms with Gasteiger partial charge in [0.05, 0.1) is 6.10 Å². The third-order valence-corrected chi connectivity index (χ3v) is 2.88. The smallest absolute Gasteiger partial charge is 0.123 e. The van der Waals surface area contributed by atoms with E-state index in [0.717, 1.165) is 18.0 Å². The van der Waals surface area contributed by atoms with Gasteiger partial charge < -0.3 is 15.8 Å². The molecule has 0 aliphatic rings. The molecule has 0 saturated heterocycles. The summed E-state index contributed by atoms with van der Waals surface area (Å²) in [7, 11) is 0. The maximum atomic E-state index is 5.91. The van der Waals surface area contributed by atoms with Gasteiger partial charge in [0.2, 0.25) is 0 Å². The van der Waals surface area contributed by atoms with Crippen molar-refractivity contribution in [2.24, 2.45) is 0 Å². The van der Waals surface area contributed by atoms with Crippen molar-refractivity contribution in [3.8, 4) is 5.75 Å². The second kappa shape index (κ2) is 6.33. The quantitative estimate of drug-likeness (QED) is 0.808. The predicted octanol–water partition coefficient (Wildman–Crippen LogP) is 3.98. The van der Waals surface area contributed by atoms with Gasteiger partial charge in [-0.3, -0.25) is 0 Å². The Hall–Kier alpha value is -2.16. The summed E-state index contributed by atoms with van der Waals surface area (Å²) in [6, 6.07) is 14.2. The Kier molecular flexibility index (Phi) is 4.51. The zero-order valence-electron chi connectivity index (χ0n) is 12.3. The summed E-state index contributed by atoms with van der Waals surface area (Å²) in [5.74, 6) is 0.798. The van der Waals surface area contributed by atoms with Crippen molar-refractivity contribution in [1.29, 1.82) is 0 Å². The largest absolute Gasteiger partial charge is 0.491 e. The van der Waals surface area contributed by atoms with E-state index in [0.29, 0.717) is 5.69 Å². The number of ether oxygens (including phenoxy) is 1. The fourth-order valence-corrected chi connectivity index (χ4v) is 2.09. The molecule has 0 aliphatic heterocycles. The fraction of sp³-hybridized carbons (Fsp3) is 0.294. The summed E-state index contributed by atoms with van der Waals surface area (Å²) in [6.45, 7) is 6.87. The third kappa shape index (κ3) is 4.19. The van der Waals surface area contributed by atoms with Crippen LogP contribution in [0.4, 0.5) is 11.4 Å².